The molecular formula is C18H19N3O3. The van der Waals surface area contributed by atoms with Crippen LogP contribution < -0.4 is 10.6 Å². The molecule has 2 N–H and O–H groups in total. The Morgan fingerprint density at radius 3 is 2.54 bits per heavy atom. The zero-order valence-corrected chi connectivity index (χ0v) is 13.4. The molecule has 6 heteroatoms. The number of carbonyl (C=O) groups excluding carboxylic acids is 1. The van der Waals surface area contributed by atoms with E-state index in [4.69, 9.17) is 0 Å². The van der Waals surface area contributed by atoms with Gasteiger partial charge < -0.3 is 10.6 Å². The molecule has 0 atom stereocenters. The molecule has 0 spiro atoms. The lowest BCUT2D eigenvalue weighted by atomic mass is 10.1. The number of nitro groups is 1. The molecule has 6 nitrogen and oxygen atoms in total. The van der Waals surface area contributed by atoms with Crippen LogP contribution >= 0.6 is 0 Å². The number of nitrogens with zero attached hydrogens (tertiary/aromatic N) is 1. The zero-order chi connectivity index (χ0) is 17.1. The molecule has 1 aliphatic rings. The quantitative estimate of drug-likeness (QED) is 0.629. The summed E-state index contributed by atoms with van der Waals surface area (Å²) in [6.45, 7) is 2.38. The molecule has 124 valence electrons. The van der Waals surface area contributed by atoms with E-state index in [1.165, 1.54) is 6.07 Å². The van der Waals surface area contributed by atoms with E-state index in [0.717, 1.165) is 24.0 Å². The lowest BCUT2D eigenvalue weighted by Crippen LogP contribution is -2.23. The van der Waals surface area contributed by atoms with Crippen LogP contribution in [-0.4, -0.2) is 16.9 Å². The lowest BCUT2D eigenvalue weighted by molar-refractivity contribution is -0.384. The first-order chi connectivity index (χ1) is 11.5. The van der Waals surface area contributed by atoms with E-state index in [2.05, 4.69) is 10.6 Å². The number of benzene rings is 2. The first-order valence-electron chi connectivity index (χ1n) is 7.91. The van der Waals surface area contributed by atoms with Crippen molar-refractivity contribution in [1.82, 2.24) is 5.32 Å². The van der Waals surface area contributed by atoms with Crippen molar-refractivity contribution < 1.29 is 9.72 Å². The molecule has 1 amide bonds. The molecule has 2 aromatic carbocycles. The van der Waals surface area contributed by atoms with Gasteiger partial charge in [-0.25, -0.2) is 0 Å². The molecule has 3 rings (SSSR count). The predicted octanol–water partition coefficient (Wildman–Crippen LogP) is 3.41. The molecular weight excluding hydrogens is 306 g/mol. The summed E-state index contributed by atoms with van der Waals surface area (Å²) in [5, 5.41) is 17.2. The summed E-state index contributed by atoms with van der Waals surface area (Å²) in [7, 11) is 0. The second-order valence-electron chi connectivity index (χ2n) is 6.08. The molecule has 0 saturated heterocycles. The minimum Gasteiger partial charge on any atom is -0.377 e. The average molecular weight is 325 g/mol. The molecule has 0 aliphatic heterocycles. The van der Waals surface area contributed by atoms with Crippen molar-refractivity contribution >= 4 is 17.3 Å². The maximum Gasteiger partial charge on any atom is 0.293 e. The summed E-state index contributed by atoms with van der Waals surface area (Å²) in [6.07, 6.45) is 2.05. The van der Waals surface area contributed by atoms with Gasteiger partial charge in [-0.1, -0.05) is 29.8 Å². The fourth-order valence-corrected chi connectivity index (χ4v) is 2.38. The summed E-state index contributed by atoms with van der Waals surface area (Å²) in [6, 6.07) is 12.7. The topological polar surface area (TPSA) is 84.3 Å². The van der Waals surface area contributed by atoms with E-state index in [1.807, 2.05) is 31.2 Å². The Balaban J connectivity index is 1.70. The normalized spacial score (nSPS) is 13.4. The summed E-state index contributed by atoms with van der Waals surface area (Å²) >= 11 is 0. The minimum atomic E-state index is -0.457. The van der Waals surface area contributed by atoms with E-state index in [9.17, 15) is 14.9 Å². The van der Waals surface area contributed by atoms with Crippen molar-refractivity contribution in [2.75, 3.05) is 5.32 Å². The van der Waals surface area contributed by atoms with Gasteiger partial charge in [0.1, 0.15) is 5.69 Å². The van der Waals surface area contributed by atoms with E-state index in [0.29, 0.717) is 18.3 Å². The van der Waals surface area contributed by atoms with Crippen LogP contribution in [0.5, 0.6) is 0 Å². The Bertz CT molecular complexity index is 768. The van der Waals surface area contributed by atoms with Gasteiger partial charge in [-0.15, -0.1) is 0 Å². The van der Waals surface area contributed by atoms with Crippen LogP contribution in [0.15, 0.2) is 42.5 Å². The first-order valence-corrected chi connectivity index (χ1v) is 7.91. The van der Waals surface area contributed by atoms with Crippen molar-refractivity contribution in [3.05, 3.63) is 69.3 Å². The van der Waals surface area contributed by atoms with Crippen LogP contribution in [0.4, 0.5) is 11.4 Å². The number of amides is 1. The maximum atomic E-state index is 12.3. The van der Waals surface area contributed by atoms with Gasteiger partial charge in [0.2, 0.25) is 0 Å². The Hall–Kier alpha value is -2.89. The van der Waals surface area contributed by atoms with Gasteiger partial charge in [-0.05, 0) is 37.5 Å². The van der Waals surface area contributed by atoms with E-state index < -0.39 is 4.92 Å². The molecule has 0 aromatic heterocycles. The highest BCUT2D eigenvalue weighted by Crippen LogP contribution is 2.31. The van der Waals surface area contributed by atoms with Gasteiger partial charge in [0.25, 0.3) is 11.6 Å². The molecule has 0 heterocycles. The summed E-state index contributed by atoms with van der Waals surface area (Å²) in [5.41, 5.74) is 2.83. The van der Waals surface area contributed by atoms with E-state index >= 15 is 0 Å². The Morgan fingerprint density at radius 2 is 1.92 bits per heavy atom. The third-order valence-electron chi connectivity index (χ3n) is 3.97. The lowest BCUT2D eigenvalue weighted by Gasteiger charge is -2.09. The Labute approximate surface area is 140 Å². The average Bonchev–Trinajstić information content (AvgIpc) is 3.38. The van der Waals surface area contributed by atoms with E-state index in [1.54, 1.807) is 12.1 Å². The van der Waals surface area contributed by atoms with Crippen LogP contribution in [0.1, 0.15) is 34.3 Å². The van der Waals surface area contributed by atoms with Gasteiger partial charge in [0.05, 0.1) is 4.92 Å². The van der Waals surface area contributed by atoms with Crippen molar-refractivity contribution in [2.45, 2.75) is 32.4 Å². The fraction of sp³-hybridized carbons (Fsp3) is 0.278. The van der Waals surface area contributed by atoms with E-state index in [-0.39, 0.29) is 17.2 Å². The molecule has 0 radical (unpaired) electrons. The Kier molecular flexibility index (Phi) is 4.46. The van der Waals surface area contributed by atoms with Gasteiger partial charge in [0, 0.05) is 24.2 Å². The number of hydrogen-bond donors (Lipinski definition) is 2. The molecule has 0 unspecified atom stereocenters. The number of hydrogen-bond acceptors (Lipinski definition) is 4. The van der Waals surface area contributed by atoms with Crippen molar-refractivity contribution in [2.24, 2.45) is 0 Å². The van der Waals surface area contributed by atoms with Crippen molar-refractivity contribution in [3.8, 4) is 0 Å². The smallest absolute Gasteiger partial charge is 0.293 e. The summed E-state index contributed by atoms with van der Waals surface area (Å²) in [5.74, 6) is -0.323. The highest BCUT2D eigenvalue weighted by Gasteiger charge is 2.25. The summed E-state index contributed by atoms with van der Waals surface area (Å²) < 4.78 is 0. The SMILES string of the molecule is Cc1ccc(CNC(=O)c2ccc(NC3CC3)c([N+](=O)[O-])c2)cc1. The number of nitrogens with one attached hydrogen (secondary N) is 2. The first kappa shape index (κ1) is 16.0. The number of carbonyl (C=O) groups is 1. The molecule has 1 aliphatic carbocycles. The van der Waals surface area contributed by atoms with Crippen LogP contribution in [-0.2, 0) is 6.54 Å². The molecule has 1 fully saturated rings. The second kappa shape index (κ2) is 6.70. The molecule has 24 heavy (non-hydrogen) atoms. The van der Waals surface area contributed by atoms with Crippen molar-refractivity contribution in [3.63, 3.8) is 0 Å². The minimum absolute atomic E-state index is 0.0649. The van der Waals surface area contributed by atoms with Crippen molar-refractivity contribution in [1.29, 1.82) is 0 Å². The zero-order valence-electron chi connectivity index (χ0n) is 13.4. The van der Waals surface area contributed by atoms with Crippen LogP contribution in [0.2, 0.25) is 0 Å². The third-order valence-corrected chi connectivity index (χ3v) is 3.97. The highest BCUT2D eigenvalue weighted by molar-refractivity contribution is 5.95. The second-order valence-corrected chi connectivity index (χ2v) is 6.08. The number of aryl methyl sites for hydroxylation is 1. The highest BCUT2D eigenvalue weighted by atomic mass is 16.6. The largest absolute Gasteiger partial charge is 0.377 e. The van der Waals surface area contributed by atoms with Crippen LogP contribution in [0.3, 0.4) is 0 Å². The third kappa shape index (κ3) is 3.90. The molecule has 0 bridgehead atoms. The number of nitro benzene ring substituents is 1. The van der Waals surface area contributed by atoms with Crippen LogP contribution in [0.25, 0.3) is 0 Å². The number of anilines is 1. The summed E-state index contributed by atoms with van der Waals surface area (Å²) in [4.78, 5) is 23.0. The molecule has 1 saturated carbocycles. The monoisotopic (exact) mass is 325 g/mol. The van der Waals surface area contributed by atoms with Gasteiger partial charge >= 0.3 is 0 Å². The van der Waals surface area contributed by atoms with Gasteiger partial charge in [0.15, 0.2) is 0 Å². The fourth-order valence-electron chi connectivity index (χ4n) is 2.38. The van der Waals surface area contributed by atoms with Gasteiger partial charge in [-0.3, -0.25) is 14.9 Å². The maximum absolute atomic E-state index is 12.3. The van der Waals surface area contributed by atoms with Gasteiger partial charge in [-0.2, -0.15) is 0 Å². The predicted molar refractivity (Wildman–Crippen MR) is 92.1 cm³/mol. The standard InChI is InChI=1S/C18H19N3O3/c1-12-2-4-13(5-3-12)11-19-18(22)14-6-9-16(20-15-7-8-15)17(10-14)21(23)24/h2-6,9-10,15,20H,7-8,11H2,1H3,(H,19,22). The van der Waals surface area contributed by atoms with Crippen LogP contribution in [0, 0.1) is 17.0 Å². The number of rotatable bonds is 6. The molecule has 2 aromatic rings. The Morgan fingerprint density at radius 1 is 1.21 bits per heavy atom.